The molecule has 0 bridgehead atoms. The Balaban J connectivity index is 1.26. The van der Waals surface area contributed by atoms with Crippen molar-refractivity contribution >= 4 is 34.9 Å². The minimum atomic E-state index is 0.244. The highest BCUT2D eigenvalue weighted by Crippen LogP contribution is 2.35. The molecule has 396 valence electrons. The molecule has 0 atom stereocenters. The molecule has 0 N–H and O–H groups in total. The lowest BCUT2D eigenvalue weighted by Gasteiger charge is -2.15. The minimum Gasteiger partial charge on any atom is -0.487 e. The fourth-order valence-corrected chi connectivity index (χ4v) is 7.56. The third-order valence-corrected chi connectivity index (χ3v) is 11.2. The Hall–Kier alpha value is -6.99. The van der Waals surface area contributed by atoms with Crippen LogP contribution in [0.2, 0.25) is 0 Å². The fourth-order valence-electron chi connectivity index (χ4n) is 7.56. The second kappa shape index (κ2) is 32.3. The van der Waals surface area contributed by atoms with Crippen LogP contribution in [0.1, 0.15) is 33.4 Å². The third kappa shape index (κ3) is 19.0. The zero-order valence-electron chi connectivity index (χ0n) is 42.1. The first-order chi connectivity index (χ1) is 37.1. The highest BCUT2D eigenvalue weighted by molar-refractivity contribution is 5.98. The van der Waals surface area contributed by atoms with Gasteiger partial charge in [0.15, 0.2) is 34.5 Å². The molecule has 75 heavy (non-hydrogen) atoms. The molecule has 0 aromatic heterocycles. The average molecular weight is 1030 g/mol. The highest BCUT2D eigenvalue weighted by atomic mass is 16.6. The Bertz CT molecular complexity index is 2350. The van der Waals surface area contributed by atoms with Crippen LogP contribution in [0.25, 0.3) is 34.9 Å². The largest absolute Gasteiger partial charge is 0.487 e. The van der Waals surface area contributed by atoms with Gasteiger partial charge >= 0.3 is 0 Å². The van der Waals surface area contributed by atoms with E-state index in [1.807, 2.05) is 18.2 Å². The van der Waals surface area contributed by atoms with Gasteiger partial charge in [-0.2, -0.15) is 15.8 Å². The Labute approximate surface area is 437 Å². The van der Waals surface area contributed by atoms with Gasteiger partial charge in [-0.05, 0) is 106 Å². The number of hydrogen-bond acceptors (Lipinski definition) is 18. The minimum absolute atomic E-state index is 0.244. The summed E-state index contributed by atoms with van der Waals surface area (Å²) in [5.74, 6) is 2.86. The molecule has 0 saturated carbocycles. The molecule has 0 amide bonds. The molecule has 4 aromatic rings. The Morgan fingerprint density at radius 3 is 0.680 bits per heavy atom. The average Bonchev–Trinajstić information content (AvgIpc) is 3.45. The maximum atomic E-state index is 10.9. The van der Waals surface area contributed by atoms with Gasteiger partial charge in [0.1, 0.15) is 39.6 Å². The van der Waals surface area contributed by atoms with Gasteiger partial charge < -0.3 is 71.1 Å². The first-order valence-electron chi connectivity index (χ1n) is 25.0. The summed E-state index contributed by atoms with van der Waals surface area (Å²) in [7, 11) is 0. The number of fused-ring (bicyclic) bond motifs is 3. The summed E-state index contributed by atoms with van der Waals surface area (Å²) in [5.41, 5.74) is 3.99. The van der Waals surface area contributed by atoms with E-state index < -0.39 is 0 Å². The van der Waals surface area contributed by atoms with Gasteiger partial charge in [0, 0.05) is 0 Å². The van der Waals surface area contributed by atoms with Gasteiger partial charge in [-0.15, -0.1) is 0 Å². The van der Waals surface area contributed by atoms with Crippen molar-refractivity contribution in [3.63, 3.8) is 0 Å². The first-order valence-corrected chi connectivity index (χ1v) is 25.0. The molecule has 7 rings (SSSR count). The molecule has 3 aliphatic heterocycles. The smallest absolute Gasteiger partial charge is 0.161 e. The van der Waals surface area contributed by atoms with Gasteiger partial charge in [-0.25, -0.2) is 0 Å². The van der Waals surface area contributed by atoms with E-state index in [1.165, 1.54) is 0 Å². The molecule has 0 radical (unpaired) electrons. The van der Waals surface area contributed by atoms with Gasteiger partial charge in [-0.1, -0.05) is 18.2 Å². The maximum absolute atomic E-state index is 10.9. The van der Waals surface area contributed by atoms with Crippen LogP contribution in [0, 0.1) is 34.0 Å². The van der Waals surface area contributed by atoms with Crippen LogP contribution in [0.15, 0.2) is 72.8 Å². The number of nitrogens with zero attached hydrogens (tertiary/aromatic N) is 3. The molecular weight excluding hydrogens is 967 g/mol. The van der Waals surface area contributed by atoms with Crippen molar-refractivity contribution in [2.75, 3.05) is 159 Å². The summed E-state index contributed by atoms with van der Waals surface area (Å²) >= 11 is 0. The molecule has 3 heterocycles. The summed E-state index contributed by atoms with van der Waals surface area (Å²) in [6, 6.07) is 28.5. The molecule has 0 fully saturated rings. The number of allylic oxidation sites excluding steroid dienone is 3. The molecule has 18 heteroatoms. The van der Waals surface area contributed by atoms with E-state index in [0.717, 1.165) is 0 Å². The van der Waals surface area contributed by atoms with Crippen LogP contribution in [0.5, 0.6) is 34.5 Å². The van der Waals surface area contributed by atoms with Crippen LogP contribution in [0.3, 0.4) is 0 Å². The standard InChI is InChI=1S/C57H63N3O15/c58-40-49(31-43-1-4-52-55(34-43)73-28-22-67-16-10-61-7-13-64-19-25-70-52)46-37-47(50(41-59)32-44-2-5-53-56(35-44)74-29-23-68-17-11-62-8-14-65-20-26-71-53)39-48(38-46)51(42-60)33-45-3-6-54-57(36-45)75-30-24-69-18-12-63-9-15-66-21-27-72-54/h1-6,31-39H,7-30H2/b49-31-,50-32+,51-33+. The Morgan fingerprint density at radius 2 is 0.467 bits per heavy atom. The van der Waals surface area contributed by atoms with Gasteiger partial charge in [0.05, 0.1) is 154 Å². The predicted octanol–water partition coefficient (Wildman–Crippen LogP) is 7.34. The zero-order valence-corrected chi connectivity index (χ0v) is 42.1. The van der Waals surface area contributed by atoms with Crippen molar-refractivity contribution in [2.45, 2.75) is 0 Å². The van der Waals surface area contributed by atoms with E-state index in [2.05, 4.69) is 18.2 Å². The van der Waals surface area contributed by atoms with Crippen molar-refractivity contribution in [3.8, 4) is 52.7 Å². The van der Waals surface area contributed by atoms with E-state index >= 15 is 0 Å². The SMILES string of the molecule is N#C/C(=C\c1ccc2c(c1)OCCOCCOCCOCCO2)c1cc(/C(C#N)=C/c2ccc3c(c2)OCCOCCOCCOCCO3)cc(/C(C#N)=C\c2ccc3c(c2)OCCOCCOCCOCCO3)c1. The second-order valence-corrected chi connectivity index (χ2v) is 16.5. The number of rotatable bonds is 6. The number of hydrogen-bond donors (Lipinski definition) is 0. The summed E-state index contributed by atoms with van der Waals surface area (Å²) < 4.78 is 87.1. The van der Waals surface area contributed by atoms with E-state index in [0.29, 0.717) is 187 Å². The van der Waals surface area contributed by atoms with E-state index in [1.54, 1.807) is 72.8 Å². The third-order valence-electron chi connectivity index (χ3n) is 11.2. The Morgan fingerprint density at radius 1 is 0.267 bits per heavy atom. The van der Waals surface area contributed by atoms with Crippen LogP contribution >= 0.6 is 0 Å². The van der Waals surface area contributed by atoms with Crippen molar-refractivity contribution in [1.82, 2.24) is 0 Å². The Kier molecular flexibility index (Phi) is 24.0. The van der Waals surface area contributed by atoms with Crippen molar-refractivity contribution in [1.29, 1.82) is 15.8 Å². The maximum Gasteiger partial charge on any atom is 0.161 e. The number of nitriles is 3. The lowest BCUT2D eigenvalue weighted by molar-refractivity contribution is 0.00708. The lowest BCUT2D eigenvalue weighted by atomic mass is 9.92. The highest BCUT2D eigenvalue weighted by Gasteiger charge is 2.17. The molecule has 0 saturated heterocycles. The van der Waals surface area contributed by atoms with E-state index in [-0.39, 0.29) is 56.4 Å². The predicted molar refractivity (Wildman–Crippen MR) is 277 cm³/mol. The number of benzene rings is 4. The summed E-state index contributed by atoms with van der Waals surface area (Å²) in [6.07, 6.45) is 5.15. The molecular formula is C57H63N3O15. The summed E-state index contributed by atoms with van der Waals surface area (Å²) in [4.78, 5) is 0. The summed E-state index contributed by atoms with van der Waals surface area (Å²) in [6.45, 7) is 8.78. The molecule has 0 aliphatic carbocycles. The van der Waals surface area contributed by atoms with Crippen LogP contribution in [-0.2, 0) is 42.6 Å². The second-order valence-electron chi connectivity index (χ2n) is 16.5. The molecule has 3 aliphatic rings. The van der Waals surface area contributed by atoms with E-state index in [4.69, 9.17) is 71.1 Å². The zero-order chi connectivity index (χ0) is 52.0. The van der Waals surface area contributed by atoms with E-state index in [9.17, 15) is 15.8 Å². The van der Waals surface area contributed by atoms with Crippen molar-refractivity contribution in [3.05, 3.63) is 106 Å². The fraction of sp³-hybridized carbons (Fsp3) is 0.421. The molecule has 0 unspecified atom stereocenters. The van der Waals surface area contributed by atoms with Gasteiger partial charge in [0.2, 0.25) is 0 Å². The normalized spacial score (nSPS) is 18.3. The molecule has 4 aromatic carbocycles. The van der Waals surface area contributed by atoms with Gasteiger partial charge in [0.25, 0.3) is 0 Å². The van der Waals surface area contributed by atoms with Gasteiger partial charge in [-0.3, -0.25) is 0 Å². The first kappa shape index (κ1) is 55.8. The summed E-state index contributed by atoms with van der Waals surface area (Å²) in [5, 5.41) is 32.6. The van der Waals surface area contributed by atoms with Crippen molar-refractivity contribution in [2.24, 2.45) is 0 Å². The van der Waals surface area contributed by atoms with Crippen LogP contribution < -0.4 is 28.4 Å². The van der Waals surface area contributed by atoms with Crippen molar-refractivity contribution < 1.29 is 71.1 Å². The van der Waals surface area contributed by atoms with Crippen LogP contribution in [-0.4, -0.2) is 159 Å². The monoisotopic (exact) mass is 1030 g/mol. The molecule has 0 spiro atoms. The molecule has 18 nitrogen and oxygen atoms in total. The quantitative estimate of drug-likeness (QED) is 0.137. The number of ether oxygens (including phenoxy) is 15. The van der Waals surface area contributed by atoms with Crippen LogP contribution in [0.4, 0.5) is 0 Å². The lowest BCUT2D eigenvalue weighted by Crippen LogP contribution is -2.13. The topological polar surface area (TPSA) is 210 Å².